The van der Waals surface area contributed by atoms with Crippen molar-refractivity contribution in [3.05, 3.63) is 77.9 Å². The lowest BCUT2D eigenvalue weighted by atomic mass is 10.1. The zero-order chi connectivity index (χ0) is 18.8. The molecule has 0 amide bonds. The molecular weight excluding hydrogens is 338 g/mol. The second-order valence-electron chi connectivity index (χ2n) is 6.79. The smallest absolute Gasteiger partial charge is 0.358 e. The summed E-state index contributed by atoms with van der Waals surface area (Å²) in [5, 5.41) is 0. The minimum absolute atomic E-state index is 0.206. The van der Waals surface area contributed by atoms with Crippen LogP contribution in [0.3, 0.4) is 0 Å². The molecule has 1 atom stereocenters. The Morgan fingerprint density at radius 2 is 1.81 bits per heavy atom. The van der Waals surface area contributed by atoms with E-state index >= 15 is 0 Å². The van der Waals surface area contributed by atoms with E-state index < -0.39 is 0 Å². The van der Waals surface area contributed by atoms with Crippen LogP contribution in [-0.2, 0) is 17.7 Å². The van der Waals surface area contributed by atoms with Crippen molar-refractivity contribution in [1.29, 1.82) is 0 Å². The highest BCUT2D eigenvalue weighted by atomic mass is 16.5. The minimum Gasteiger partial charge on any atom is -0.461 e. The minimum atomic E-state index is -0.354. The van der Waals surface area contributed by atoms with Gasteiger partial charge in [0.2, 0.25) is 0 Å². The molecule has 1 aromatic heterocycles. The fraction of sp³-hybridized carbons (Fsp3) is 0.273. The lowest BCUT2D eigenvalue weighted by Gasteiger charge is -2.30. The van der Waals surface area contributed by atoms with E-state index in [9.17, 15) is 4.79 Å². The predicted molar refractivity (Wildman–Crippen MR) is 105 cm³/mol. The van der Waals surface area contributed by atoms with E-state index in [2.05, 4.69) is 59.3 Å². The molecule has 1 aliphatic heterocycles. The molecule has 0 N–H and O–H groups in total. The first kappa shape index (κ1) is 17.3. The highest BCUT2D eigenvalue weighted by Gasteiger charge is 2.29. The normalized spacial score (nSPS) is 15.6. The van der Waals surface area contributed by atoms with Crippen molar-refractivity contribution >= 4 is 11.7 Å². The van der Waals surface area contributed by atoms with Gasteiger partial charge in [0.25, 0.3) is 0 Å². The number of carbonyl (C=O) groups excluding carboxylic acids is 1. The molecule has 5 heteroatoms. The SMILES string of the molecule is CCOC(=O)c1ncn2c1CC(C)N(Cc1ccccc1)c1ccccc1-2. The van der Waals surface area contributed by atoms with E-state index in [4.69, 9.17) is 4.74 Å². The summed E-state index contributed by atoms with van der Waals surface area (Å²) < 4.78 is 7.24. The van der Waals surface area contributed by atoms with Crippen LogP contribution >= 0.6 is 0 Å². The van der Waals surface area contributed by atoms with Gasteiger partial charge >= 0.3 is 5.97 Å². The summed E-state index contributed by atoms with van der Waals surface area (Å²) in [6.45, 7) is 5.16. The fourth-order valence-corrected chi connectivity index (χ4v) is 3.71. The summed E-state index contributed by atoms with van der Waals surface area (Å²) >= 11 is 0. The van der Waals surface area contributed by atoms with Crippen molar-refractivity contribution in [1.82, 2.24) is 9.55 Å². The van der Waals surface area contributed by atoms with Gasteiger partial charge in [0.1, 0.15) is 6.33 Å². The highest BCUT2D eigenvalue weighted by molar-refractivity contribution is 5.89. The van der Waals surface area contributed by atoms with E-state index in [1.165, 1.54) is 5.56 Å². The number of para-hydroxylation sites is 2. The van der Waals surface area contributed by atoms with Crippen LogP contribution < -0.4 is 4.90 Å². The van der Waals surface area contributed by atoms with Crippen molar-refractivity contribution < 1.29 is 9.53 Å². The number of aromatic nitrogens is 2. The molecule has 0 saturated heterocycles. The predicted octanol–water partition coefficient (Wildman–Crippen LogP) is 4.00. The average molecular weight is 361 g/mol. The number of fused-ring (bicyclic) bond motifs is 3. The van der Waals surface area contributed by atoms with Crippen LogP contribution in [0.2, 0.25) is 0 Å². The summed E-state index contributed by atoms with van der Waals surface area (Å²) in [6.07, 6.45) is 2.45. The Labute approximate surface area is 159 Å². The number of rotatable bonds is 4. The molecule has 0 fully saturated rings. The third-order valence-electron chi connectivity index (χ3n) is 5.00. The van der Waals surface area contributed by atoms with Crippen LogP contribution in [0.1, 0.15) is 35.6 Å². The molecule has 3 aromatic rings. The molecule has 138 valence electrons. The Hall–Kier alpha value is -3.08. The van der Waals surface area contributed by atoms with Crippen molar-refractivity contribution in [2.24, 2.45) is 0 Å². The number of hydrogen-bond acceptors (Lipinski definition) is 4. The molecule has 2 heterocycles. The summed E-state index contributed by atoms with van der Waals surface area (Å²) in [4.78, 5) is 19.1. The highest BCUT2D eigenvalue weighted by Crippen LogP contribution is 2.34. The number of imidazole rings is 1. The number of hydrogen-bond donors (Lipinski definition) is 0. The first-order valence-electron chi connectivity index (χ1n) is 9.32. The number of anilines is 1. The van der Waals surface area contributed by atoms with Gasteiger partial charge in [0.15, 0.2) is 5.69 Å². The van der Waals surface area contributed by atoms with Gasteiger partial charge in [-0.25, -0.2) is 9.78 Å². The first-order chi connectivity index (χ1) is 13.2. The topological polar surface area (TPSA) is 47.4 Å². The molecular formula is C22H23N3O2. The summed E-state index contributed by atoms with van der Waals surface area (Å²) in [5.74, 6) is -0.354. The molecule has 4 rings (SSSR count). The van der Waals surface area contributed by atoms with Gasteiger partial charge in [-0.05, 0) is 31.5 Å². The lowest BCUT2D eigenvalue weighted by molar-refractivity contribution is 0.0518. The van der Waals surface area contributed by atoms with Gasteiger partial charge in [-0.2, -0.15) is 0 Å². The van der Waals surface area contributed by atoms with Crippen molar-refractivity contribution in [2.45, 2.75) is 32.9 Å². The third-order valence-corrected chi connectivity index (χ3v) is 5.00. The average Bonchev–Trinajstić information content (AvgIpc) is 3.06. The Kier molecular flexibility index (Phi) is 4.67. The molecule has 1 unspecified atom stereocenters. The molecule has 0 aliphatic carbocycles. The molecule has 5 nitrogen and oxygen atoms in total. The van der Waals surface area contributed by atoms with Gasteiger partial charge in [0.05, 0.1) is 23.7 Å². The lowest BCUT2D eigenvalue weighted by Crippen LogP contribution is -2.33. The molecule has 0 saturated carbocycles. The van der Waals surface area contributed by atoms with E-state index in [-0.39, 0.29) is 12.0 Å². The summed E-state index contributed by atoms with van der Waals surface area (Å²) in [5.41, 5.74) is 4.76. The first-order valence-corrected chi connectivity index (χ1v) is 9.32. The molecule has 2 aromatic carbocycles. The van der Waals surface area contributed by atoms with Crippen LogP contribution in [-0.4, -0.2) is 28.2 Å². The molecule has 0 spiro atoms. The Morgan fingerprint density at radius 1 is 1.11 bits per heavy atom. The number of esters is 1. The van der Waals surface area contributed by atoms with Gasteiger partial charge in [0, 0.05) is 19.0 Å². The monoisotopic (exact) mass is 361 g/mol. The Bertz CT molecular complexity index is 949. The zero-order valence-corrected chi connectivity index (χ0v) is 15.6. The number of benzene rings is 2. The molecule has 0 bridgehead atoms. The van der Waals surface area contributed by atoms with E-state index in [1.54, 1.807) is 6.33 Å². The molecule has 0 radical (unpaired) electrons. The van der Waals surface area contributed by atoms with Gasteiger partial charge < -0.3 is 14.2 Å². The maximum atomic E-state index is 12.4. The van der Waals surface area contributed by atoms with Gasteiger partial charge in [-0.15, -0.1) is 0 Å². The summed E-state index contributed by atoms with van der Waals surface area (Å²) in [7, 11) is 0. The van der Waals surface area contributed by atoms with Crippen molar-refractivity contribution in [3.63, 3.8) is 0 Å². The van der Waals surface area contributed by atoms with Gasteiger partial charge in [-0.1, -0.05) is 42.5 Å². The van der Waals surface area contributed by atoms with Crippen molar-refractivity contribution in [2.75, 3.05) is 11.5 Å². The molecule has 27 heavy (non-hydrogen) atoms. The Balaban J connectivity index is 1.79. The third kappa shape index (κ3) is 3.21. The van der Waals surface area contributed by atoms with Crippen LogP contribution in [0.5, 0.6) is 0 Å². The zero-order valence-electron chi connectivity index (χ0n) is 15.6. The fourth-order valence-electron chi connectivity index (χ4n) is 3.71. The maximum Gasteiger partial charge on any atom is 0.358 e. The number of carbonyl (C=O) groups is 1. The van der Waals surface area contributed by atoms with Crippen LogP contribution in [0, 0.1) is 0 Å². The summed E-state index contributed by atoms with van der Waals surface area (Å²) in [6, 6.07) is 18.9. The standard InChI is InChI=1S/C22H23N3O2/c1-3-27-22(26)21-20-13-16(2)24(14-17-9-5-4-6-10-17)18-11-7-8-12-19(18)25(20)15-23-21/h4-12,15-16H,3,13-14H2,1-2H3. The van der Waals surface area contributed by atoms with E-state index in [0.717, 1.165) is 30.0 Å². The number of ether oxygens (including phenoxy) is 1. The number of nitrogens with zero attached hydrogens (tertiary/aromatic N) is 3. The van der Waals surface area contributed by atoms with Crippen molar-refractivity contribution in [3.8, 4) is 5.69 Å². The van der Waals surface area contributed by atoms with Gasteiger partial charge in [-0.3, -0.25) is 0 Å². The molecule has 1 aliphatic rings. The largest absolute Gasteiger partial charge is 0.461 e. The maximum absolute atomic E-state index is 12.4. The van der Waals surface area contributed by atoms with E-state index in [1.807, 2.05) is 23.6 Å². The quantitative estimate of drug-likeness (QED) is 0.659. The van der Waals surface area contributed by atoms with E-state index in [0.29, 0.717) is 12.3 Å². The Morgan fingerprint density at radius 3 is 2.56 bits per heavy atom. The van der Waals surface area contributed by atoms with Crippen LogP contribution in [0.15, 0.2) is 60.9 Å². The second-order valence-corrected chi connectivity index (χ2v) is 6.79. The van der Waals surface area contributed by atoms with Crippen LogP contribution in [0.25, 0.3) is 5.69 Å². The van der Waals surface area contributed by atoms with Crippen LogP contribution in [0.4, 0.5) is 5.69 Å². The second kappa shape index (κ2) is 7.27.